The fourth-order valence-electron chi connectivity index (χ4n) is 5.44. The molecule has 3 heterocycles. The van der Waals surface area contributed by atoms with Crippen LogP contribution >= 0.6 is 0 Å². The van der Waals surface area contributed by atoms with E-state index < -0.39 is 0 Å². The van der Waals surface area contributed by atoms with Crippen molar-refractivity contribution >= 4 is 5.91 Å². The molecule has 3 aromatic rings. The standard InChI is InChI=1S/C27H29FN4O2/c1-27-17-23(20-10-12-21(28)13-11-20)32(24(27)8-2-3-9-25(33)31-27)18-19-6-4-7-22(16-19)34-26-29-14-5-15-30-26/h4-7,10-16,23-24H,2-3,8-9,17-18H2,1H3,(H,31,33)/t23-,24-,27-/m0/s1. The van der Waals surface area contributed by atoms with E-state index in [1.165, 1.54) is 12.1 Å². The number of benzene rings is 2. The number of halogens is 1. The van der Waals surface area contributed by atoms with E-state index in [2.05, 4.69) is 33.2 Å². The van der Waals surface area contributed by atoms with Crippen LogP contribution in [0, 0.1) is 5.82 Å². The van der Waals surface area contributed by atoms with E-state index in [1.54, 1.807) is 18.5 Å². The lowest BCUT2D eigenvalue weighted by molar-refractivity contribution is -0.123. The van der Waals surface area contributed by atoms with E-state index in [-0.39, 0.29) is 29.3 Å². The van der Waals surface area contributed by atoms with Gasteiger partial charge in [0.25, 0.3) is 0 Å². The normalized spacial score (nSPS) is 25.2. The maximum Gasteiger partial charge on any atom is 0.321 e. The van der Waals surface area contributed by atoms with Crippen molar-refractivity contribution in [3.63, 3.8) is 0 Å². The molecule has 1 N–H and O–H groups in total. The highest BCUT2D eigenvalue weighted by atomic mass is 19.1. The number of hydrogen-bond acceptors (Lipinski definition) is 5. The third kappa shape index (κ3) is 4.80. The second-order valence-electron chi connectivity index (χ2n) is 9.45. The topological polar surface area (TPSA) is 67.3 Å². The molecule has 176 valence electrons. The molecule has 2 aliphatic heterocycles. The van der Waals surface area contributed by atoms with Crippen LogP contribution in [0.1, 0.15) is 56.2 Å². The van der Waals surface area contributed by atoms with E-state index in [1.807, 2.05) is 30.3 Å². The molecular formula is C27H29FN4O2. The second-order valence-corrected chi connectivity index (χ2v) is 9.45. The molecule has 34 heavy (non-hydrogen) atoms. The average Bonchev–Trinajstić information content (AvgIpc) is 3.07. The molecule has 1 amide bonds. The van der Waals surface area contributed by atoms with E-state index in [4.69, 9.17) is 4.74 Å². The van der Waals surface area contributed by atoms with Crippen LogP contribution in [-0.2, 0) is 11.3 Å². The van der Waals surface area contributed by atoms with E-state index >= 15 is 0 Å². The van der Waals surface area contributed by atoms with E-state index in [0.29, 0.717) is 24.7 Å². The number of nitrogens with zero attached hydrogens (tertiary/aromatic N) is 3. The van der Waals surface area contributed by atoms with Gasteiger partial charge >= 0.3 is 6.01 Å². The van der Waals surface area contributed by atoms with Crippen molar-refractivity contribution in [3.8, 4) is 11.8 Å². The number of ether oxygens (including phenoxy) is 1. The van der Waals surface area contributed by atoms with Gasteiger partial charge in [0, 0.05) is 37.4 Å². The largest absolute Gasteiger partial charge is 0.424 e. The van der Waals surface area contributed by atoms with Gasteiger partial charge < -0.3 is 10.1 Å². The first-order chi connectivity index (χ1) is 16.5. The van der Waals surface area contributed by atoms with Crippen LogP contribution in [0.5, 0.6) is 11.8 Å². The summed E-state index contributed by atoms with van der Waals surface area (Å²) in [4.78, 5) is 23.3. The molecule has 0 unspecified atom stereocenters. The molecule has 2 saturated heterocycles. The van der Waals surface area contributed by atoms with Crippen molar-refractivity contribution in [2.45, 2.75) is 63.2 Å². The first kappa shape index (κ1) is 22.5. The van der Waals surface area contributed by atoms with Gasteiger partial charge in [0.05, 0.1) is 5.54 Å². The number of nitrogens with one attached hydrogen (secondary N) is 1. The zero-order chi connectivity index (χ0) is 23.5. The average molecular weight is 461 g/mol. The predicted molar refractivity (Wildman–Crippen MR) is 127 cm³/mol. The molecule has 1 aromatic heterocycles. The Morgan fingerprint density at radius 3 is 2.71 bits per heavy atom. The zero-order valence-corrected chi connectivity index (χ0v) is 19.3. The summed E-state index contributed by atoms with van der Waals surface area (Å²) in [5.41, 5.74) is 1.81. The highest BCUT2D eigenvalue weighted by Gasteiger charge is 2.50. The Labute approximate surface area is 199 Å². The molecule has 0 bridgehead atoms. The summed E-state index contributed by atoms with van der Waals surface area (Å²) in [6, 6.07) is 17.0. The third-order valence-electron chi connectivity index (χ3n) is 6.98. The Hall–Kier alpha value is -3.32. The molecule has 0 spiro atoms. The smallest absolute Gasteiger partial charge is 0.321 e. The predicted octanol–water partition coefficient (Wildman–Crippen LogP) is 5.17. The van der Waals surface area contributed by atoms with Crippen LogP contribution in [0.15, 0.2) is 67.0 Å². The molecule has 6 nitrogen and oxygen atoms in total. The Balaban J connectivity index is 1.45. The van der Waals surface area contributed by atoms with Crippen LogP contribution in [-0.4, -0.2) is 32.4 Å². The summed E-state index contributed by atoms with van der Waals surface area (Å²) >= 11 is 0. The number of hydrogen-bond donors (Lipinski definition) is 1. The van der Waals surface area contributed by atoms with Crippen molar-refractivity contribution < 1.29 is 13.9 Å². The van der Waals surface area contributed by atoms with Gasteiger partial charge in [-0.3, -0.25) is 9.69 Å². The van der Waals surface area contributed by atoms with E-state index in [0.717, 1.165) is 36.8 Å². The minimum atomic E-state index is -0.345. The van der Waals surface area contributed by atoms with Crippen molar-refractivity contribution in [3.05, 3.63) is 83.9 Å². The van der Waals surface area contributed by atoms with Crippen molar-refractivity contribution in [2.24, 2.45) is 0 Å². The first-order valence-electron chi connectivity index (χ1n) is 11.9. The molecule has 2 fully saturated rings. The van der Waals surface area contributed by atoms with Gasteiger partial charge in [-0.2, -0.15) is 0 Å². The summed E-state index contributed by atoms with van der Waals surface area (Å²) in [5, 5.41) is 3.33. The Kier molecular flexibility index (Phi) is 6.28. The molecule has 5 rings (SSSR count). The van der Waals surface area contributed by atoms with Gasteiger partial charge in [-0.1, -0.05) is 30.7 Å². The maximum atomic E-state index is 13.7. The lowest BCUT2D eigenvalue weighted by atomic mass is 9.85. The Morgan fingerprint density at radius 1 is 1.12 bits per heavy atom. The highest BCUT2D eigenvalue weighted by molar-refractivity contribution is 5.77. The highest BCUT2D eigenvalue weighted by Crippen LogP contribution is 2.46. The maximum absolute atomic E-state index is 13.7. The molecule has 0 radical (unpaired) electrons. The number of carbonyl (C=O) groups excluding carboxylic acids is 1. The van der Waals surface area contributed by atoms with Gasteiger partial charge in [-0.05, 0) is 67.6 Å². The molecule has 3 atom stereocenters. The molecular weight excluding hydrogens is 431 g/mol. The van der Waals surface area contributed by atoms with E-state index in [9.17, 15) is 9.18 Å². The van der Waals surface area contributed by atoms with Crippen LogP contribution in [0.4, 0.5) is 4.39 Å². The van der Waals surface area contributed by atoms with Crippen LogP contribution in [0.2, 0.25) is 0 Å². The minimum Gasteiger partial charge on any atom is -0.424 e. The minimum absolute atomic E-state index is 0.0658. The SMILES string of the molecule is C[C@]12C[C@@H](c3ccc(F)cc3)N(Cc3cccc(Oc4ncccn4)c3)[C@H]1CCCCC(=O)N2. The van der Waals surface area contributed by atoms with Gasteiger partial charge in [0.2, 0.25) is 5.91 Å². The zero-order valence-electron chi connectivity index (χ0n) is 19.3. The lowest BCUT2D eigenvalue weighted by Gasteiger charge is -2.38. The van der Waals surface area contributed by atoms with Crippen molar-refractivity contribution in [1.29, 1.82) is 0 Å². The lowest BCUT2D eigenvalue weighted by Crippen LogP contribution is -2.55. The molecule has 7 heteroatoms. The first-order valence-corrected chi connectivity index (χ1v) is 11.9. The Bertz CT molecular complexity index is 1140. The van der Waals surface area contributed by atoms with Gasteiger partial charge in [0.1, 0.15) is 11.6 Å². The number of fused-ring (bicyclic) bond motifs is 1. The molecule has 0 aliphatic carbocycles. The second kappa shape index (κ2) is 9.50. The fourth-order valence-corrected chi connectivity index (χ4v) is 5.44. The summed E-state index contributed by atoms with van der Waals surface area (Å²) in [6.07, 6.45) is 7.56. The monoisotopic (exact) mass is 460 g/mol. The van der Waals surface area contributed by atoms with Gasteiger partial charge in [-0.25, -0.2) is 14.4 Å². The van der Waals surface area contributed by atoms with Crippen molar-refractivity contribution in [2.75, 3.05) is 0 Å². The molecule has 2 aliphatic rings. The third-order valence-corrected chi connectivity index (χ3v) is 6.98. The summed E-state index contributed by atoms with van der Waals surface area (Å²) in [7, 11) is 0. The summed E-state index contributed by atoms with van der Waals surface area (Å²) < 4.78 is 19.5. The summed E-state index contributed by atoms with van der Waals surface area (Å²) in [5.74, 6) is 0.548. The number of amides is 1. The number of aromatic nitrogens is 2. The Morgan fingerprint density at radius 2 is 1.91 bits per heavy atom. The van der Waals surface area contributed by atoms with Gasteiger partial charge in [0.15, 0.2) is 0 Å². The van der Waals surface area contributed by atoms with Crippen LogP contribution in [0.3, 0.4) is 0 Å². The van der Waals surface area contributed by atoms with Gasteiger partial charge in [-0.15, -0.1) is 0 Å². The molecule has 2 aromatic carbocycles. The van der Waals surface area contributed by atoms with Crippen molar-refractivity contribution in [1.82, 2.24) is 20.2 Å². The molecule has 0 saturated carbocycles. The van der Waals surface area contributed by atoms with Crippen LogP contribution in [0.25, 0.3) is 0 Å². The van der Waals surface area contributed by atoms with Crippen LogP contribution < -0.4 is 10.1 Å². The summed E-state index contributed by atoms with van der Waals surface area (Å²) in [6.45, 7) is 2.84. The number of likely N-dealkylation sites (tertiary alicyclic amines) is 1. The number of rotatable bonds is 5. The number of carbonyl (C=O) groups is 1. The fraction of sp³-hybridized carbons (Fsp3) is 0.370. The quantitative estimate of drug-likeness (QED) is 0.569.